The lowest BCUT2D eigenvalue weighted by molar-refractivity contribution is 0.528. The van der Waals surface area contributed by atoms with Crippen LogP contribution < -0.4 is 5.32 Å². The van der Waals surface area contributed by atoms with Gasteiger partial charge in [-0.15, -0.1) is 0 Å². The molecule has 0 saturated carbocycles. The van der Waals surface area contributed by atoms with Gasteiger partial charge in [0.1, 0.15) is 11.6 Å². The minimum absolute atomic E-state index is 0.149. The molecule has 4 heteroatoms. The van der Waals surface area contributed by atoms with E-state index in [2.05, 4.69) is 15.3 Å². The molecule has 20 heavy (non-hydrogen) atoms. The normalized spacial score (nSPS) is 17.2. The Morgan fingerprint density at radius 1 is 1.35 bits per heavy atom. The molecule has 1 atom stereocenters. The lowest BCUT2D eigenvalue weighted by atomic mass is 10.1. The fourth-order valence-corrected chi connectivity index (χ4v) is 2.80. The minimum atomic E-state index is -0.149. The van der Waals surface area contributed by atoms with Gasteiger partial charge in [-0.1, -0.05) is 6.07 Å². The van der Waals surface area contributed by atoms with Crippen molar-refractivity contribution in [1.29, 1.82) is 0 Å². The van der Waals surface area contributed by atoms with E-state index in [-0.39, 0.29) is 11.9 Å². The van der Waals surface area contributed by atoms with Crippen molar-refractivity contribution in [1.82, 2.24) is 15.3 Å². The third-order valence-electron chi connectivity index (χ3n) is 3.79. The van der Waals surface area contributed by atoms with Gasteiger partial charge in [0.05, 0.1) is 0 Å². The van der Waals surface area contributed by atoms with Crippen molar-refractivity contribution in [3.8, 4) is 0 Å². The van der Waals surface area contributed by atoms with Crippen LogP contribution in [0.3, 0.4) is 0 Å². The van der Waals surface area contributed by atoms with Crippen LogP contribution in [-0.4, -0.2) is 16.5 Å². The highest BCUT2D eigenvalue weighted by Gasteiger charge is 2.22. The zero-order chi connectivity index (χ0) is 13.9. The molecule has 0 fully saturated rings. The van der Waals surface area contributed by atoms with Gasteiger partial charge in [0.15, 0.2) is 0 Å². The first-order valence-electron chi connectivity index (χ1n) is 7.02. The maximum absolute atomic E-state index is 13.3. The molecule has 1 aromatic heterocycles. The number of aryl methyl sites for hydroxylation is 2. The van der Waals surface area contributed by atoms with Gasteiger partial charge in [0.25, 0.3) is 0 Å². The van der Waals surface area contributed by atoms with Crippen LogP contribution in [0.15, 0.2) is 30.5 Å². The van der Waals surface area contributed by atoms with Gasteiger partial charge in [-0.2, -0.15) is 0 Å². The van der Waals surface area contributed by atoms with E-state index in [1.165, 1.54) is 5.56 Å². The van der Waals surface area contributed by atoms with Crippen LogP contribution in [-0.2, 0) is 12.8 Å². The average molecular weight is 271 g/mol. The van der Waals surface area contributed by atoms with Crippen LogP contribution in [0.25, 0.3) is 0 Å². The molecule has 1 aliphatic rings. The van der Waals surface area contributed by atoms with E-state index in [1.54, 1.807) is 18.3 Å². The number of halogens is 1. The summed E-state index contributed by atoms with van der Waals surface area (Å²) in [6.07, 6.45) is 4.73. The van der Waals surface area contributed by atoms with E-state index >= 15 is 0 Å². The van der Waals surface area contributed by atoms with Crippen molar-refractivity contribution in [2.75, 3.05) is 6.54 Å². The summed E-state index contributed by atoms with van der Waals surface area (Å²) in [5, 5.41) is 3.51. The van der Waals surface area contributed by atoms with E-state index in [1.807, 2.05) is 19.1 Å². The van der Waals surface area contributed by atoms with Crippen LogP contribution in [0.1, 0.15) is 35.1 Å². The van der Waals surface area contributed by atoms with Crippen LogP contribution in [0.5, 0.6) is 0 Å². The molecule has 2 aromatic rings. The Labute approximate surface area is 118 Å². The Hall–Kier alpha value is -1.81. The SMILES string of the molecule is Cc1nccc(CCNC2CCc3ccc(F)cc32)n1. The van der Waals surface area contributed by atoms with Crippen LogP contribution in [0.2, 0.25) is 0 Å². The van der Waals surface area contributed by atoms with E-state index in [4.69, 9.17) is 0 Å². The first kappa shape index (κ1) is 13.2. The highest BCUT2D eigenvalue weighted by atomic mass is 19.1. The Kier molecular flexibility index (Phi) is 3.74. The predicted octanol–water partition coefficient (Wildman–Crippen LogP) is 2.74. The van der Waals surface area contributed by atoms with Crippen molar-refractivity contribution in [2.45, 2.75) is 32.2 Å². The summed E-state index contributed by atoms with van der Waals surface area (Å²) in [4.78, 5) is 8.48. The molecule has 1 aromatic carbocycles. The lowest BCUT2D eigenvalue weighted by Crippen LogP contribution is -2.22. The second-order valence-corrected chi connectivity index (χ2v) is 5.23. The van der Waals surface area contributed by atoms with Gasteiger partial charge in [-0.25, -0.2) is 14.4 Å². The molecule has 1 heterocycles. The fraction of sp³-hybridized carbons (Fsp3) is 0.375. The van der Waals surface area contributed by atoms with Crippen molar-refractivity contribution in [2.24, 2.45) is 0 Å². The second kappa shape index (κ2) is 5.67. The van der Waals surface area contributed by atoms with Crippen LogP contribution >= 0.6 is 0 Å². The van der Waals surface area contributed by atoms with E-state index in [0.717, 1.165) is 42.9 Å². The summed E-state index contributed by atoms with van der Waals surface area (Å²) >= 11 is 0. The number of rotatable bonds is 4. The molecule has 3 nitrogen and oxygen atoms in total. The Bertz CT molecular complexity index is 612. The maximum atomic E-state index is 13.3. The average Bonchev–Trinajstić information content (AvgIpc) is 2.82. The number of aromatic nitrogens is 2. The molecule has 0 aliphatic heterocycles. The molecule has 0 bridgehead atoms. The van der Waals surface area contributed by atoms with Gasteiger partial charge >= 0.3 is 0 Å². The summed E-state index contributed by atoms with van der Waals surface area (Å²) in [5.41, 5.74) is 3.42. The molecule has 1 N–H and O–H groups in total. The zero-order valence-electron chi connectivity index (χ0n) is 11.6. The minimum Gasteiger partial charge on any atom is -0.310 e. The number of nitrogens with one attached hydrogen (secondary N) is 1. The topological polar surface area (TPSA) is 37.8 Å². The van der Waals surface area contributed by atoms with Gasteiger partial charge in [-0.3, -0.25) is 0 Å². The number of hydrogen-bond donors (Lipinski definition) is 1. The number of hydrogen-bond acceptors (Lipinski definition) is 3. The van der Waals surface area contributed by atoms with Crippen molar-refractivity contribution < 1.29 is 4.39 Å². The maximum Gasteiger partial charge on any atom is 0.125 e. The molecule has 0 spiro atoms. The van der Waals surface area contributed by atoms with E-state index in [0.29, 0.717) is 0 Å². The van der Waals surface area contributed by atoms with Gasteiger partial charge < -0.3 is 5.32 Å². The Morgan fingerprint density at radius 2 is 2.25 bits per heavy atom. The largest absolute Gasteiger partial charge is 0.310 e. The molecule has 104 valence electrons. The second-order valence-electron chi connectivity index (χ2n) is 5.23. The molecular weight excluding hydrogens is 253 g/mol. The first-order chi connectivity index (χ1) is 9.72. The third-order valence-corrected chi connectivity index (χ3v) is 3.79. The van der Waals surface area contributed by atoms with Crippen molar-refractivity contribution in [3.63, 3.8) is 0 Å². The van der Waals surface area contributed by atoms with Crippen LogP contribution in [0, 0.1) is 12.7 Å². The lowest BCUT2D eigenvalue weighted by Gasteiger charge is -2.14. The standard InChI is InChI=1S/C16H18FN3/c1-11-18-8-6-14(20-11)7-9-19-16-5-3-12-2-4-13(17)10-15(12)16/h2,4,6,8,10,16,19H,3,5,7,9H2,1H3. The summed E-state index contributed by atoms with van der Waals surface area (Å²) in [6.45, 7) is 2.74. The number of nitrogens with zero attached hydrogens (tertiary/aromatic N) is 2. The fourth-order valence-electron chi connectivity index (χ4n) is 2.80. The van der Waals surface area contributed by atoms with Crippen LogP contribution in [0.4, 0.5) is 4.39 Å². The monoisotopic (exact) mass is 271 g/mol. The summed E-state index contributed by atoms with van der Waals surface area (Å²) in [7, 11) is 0. The van der Waals surface area contributed by atoms with Gasteiger partial charge in [-0.05, 0) is 49.1 Å². The van der Waals surface area contributed by atoms with Gasteiger partial charge in [0, 0.05) is 30.9 Å². The van der Waals surface area contributed by atoms with E-state index in [9.17, 15) is 4.39 Å². The molecule has 0 amide bonds. The van der Waals surface area contributed by atoms with Crippen molar-refractivity contribution in [3.05, 3.63) is 58.9 Å². The molecule has 3 rings (SSSR count). The Balaban J connectivity index is 1.59. The summed E-state index contributed by atoms with van der Waals surface area (Å²) < 4.78 is 13.3. The molecule has 0 saturated heterocycles. The highest BCUT2D eigenvalue weighted by molar-refractivity contribution is 5.34. The number of benzene rings is 1. The molecule has 1 unspecified atom stereocenters. The smallest absolute Gasteiger partial charge is 0.125 e. The first-order valence-corrected chi connectivity index (χ1v) is 7.02. The van der Waals surface area contributed by atoms with Crippen molar-refractivity contribution >= 4 is 0 Å². The molecule has 1 aliphatic carbocycles. The summed E-state index contributed by atoms with van der Waals surface area (Å²) in [5.74, 6) is 0.652. The molecular formula is C16H18FN3. The van der Waals surface area contributed by atoms with E-state index < -0.39 is 0 Å². The summed E-state index contributed by atoms with van der Waals surface area (Å²) in [6, 6.07) is 7.32. The van der Waals surface area contributed by atoms with Gasteiger partial charge in [0.2, 0.25) is 0 Å². The highest BCUT2D eigenvalue weighted by Crippen LogP contribution is 2.31. The predicted molar refractivity (Wildman–Crippen MR) is 75.9 cm³/mol. The number of fused-ring (bicyclic) bond motifs is 1. The Morgan fingerprint density at radius 3 is 3.10 bits per heavy atom. The zero-order valence-corrected chi connectivity index (χ0v) is 11.6. The quantitative estimate of drug-likeness (QED) is 0.929. The third kappa shape index (κ3) is 2.85. The molecule has 0 radical (unpaired) electrons.